The Morgan fingerprint density at radius 1 is 1.31 bits per heavy atom. The maximum Gasteiger partial charge on any atom is 0.163 e. The van der Waals surface area contributed by atoms with E-state index in [0.29, 0.717) is 12.8 Å². The summed E-state index contributed by atoms with van der Waals surface area (Å²) in [6.45, 7) is 1.29. The Morgan fingerprint density at radius 2 is 1.94 bits per heavy atom. The van der Waals surface area contributed by atoms with Crippen LogP contribution in [0, 0.1) is 11.6 Å². The summed E-state index contributed by atoms with van der Waals surface area (Å²) in [6.07, 6.45) is 0.811. The standard InChI is InChI=1S/C12H14F3N/c1-7(13)8-5-9(11(15)10(14)6-8)12(16)3-2-4-12/h5-7H,2-4,16H2,1H3. The van der Waals surface area contributed by atoms with Crippen LogP contribution in [0.1, 0.15) is 43.5 Å². The van der Waals surface area contributed by atoms with Gasteiger partial charge in [-0.1, -0.05) is 0 Å². The molecule has 0 heterocycles. The molecule has 1 aliphatic carbocycles. The van der Waals surface area contributed by atoms with Crippen LogP contribution in [0.3, 0.4) is 0 Å². The third-order valence-corrected chi connectivity index (χ3v) is 3.29. The zero-order chi connectivity index (χ0) is 11.9. The highest BCUT2D eigenvalue weighted by molar-refractivity contribution is 5.34. The molecule has 0 bridgehead atoms. The normalized spacial score (nSPS) is 20.3. The van der Waals surface area contributed by atoms with E-state index in [4.69, 9.17) is 5.73 Å². The highest BCUT2D eigenvalue weighted by atomic mass is 19.2. The fourth-order valence-electron chi connectivity index (χ4n) is 2.03. The minimum Gasteiger partial charge on any atom is -0.321 e. The molecule has 2 N–H and O–H groups in total. The van der Waals surface area contributed by atoms with Gasteiger partial charge < -0.3 is 5.73 Å². The molecular weight excluding hydrogens is 215 g/mol. The molecule has 4 heteroatoms. The Balaban J connectivity index is 2.51. The van der Waals surface area contributed by atoms with Gasteiger partial charge >= 0.3 is 0 Å². The first-order chi connectivity index (χ1) is 7.44. The fraction of sp³-hybridized carbons (Fsp3) is 0.500. The number of hydrogen-bond acceptors (Lipinski definition) is 1. The summed E-state index contributed by atoms with van der Waals surface area (Å²) in [5.74, 6) is -1.96. The number of rotatable bonds is 2. The Bertz CT molecular complexity index is 411. The van der Waals surface area contributed by atoms with E-state index in [1.807, 2.05) is 0 Å². The molecule has 1 aromatic rings. The Morgan fingerprint density at radius 3 is 2.38 bits per heavy atom. The molecule has 0 aliphatic heterocycles. The van der Waals surface area contributed by atoms with Crippen molar-refractivity contribution in [2.75, 3.05) is 0 Å². The number of alkyl halides is 1. The van der Waals surface area contributed by atoms with Crippen LogP contribution in [0.25, 0.3) is 0 Å². The highest BCUT2D eigenvalue weighted by Crippen LogP contribution is 2.41. The minimum atomic E-state index is -1.32. The van der Waals surface area contributed by atoms with Crippen LogP contribution >= 0.6 is 0 Å². The summed E-state index contributed by atoms with van der Waals surface area (Å²) in [6, 6.07) is 2.24. The van der Waals surface area contributed by atoms with Gasteiger partial charge in [0, 0.05) is 11.1 Å². The van der Waals surface area contributed by atoms with Crippen molar-refractivity contribution in [2.45, 2.75) is 37.9 Å². The first-order valence-corrected chi connectivity index (χ1v) is 5.36. The quantitative estimate of drug-likeness (QED) is 0.827. The summed E-state index contributed by atoms with van der Waals surface area (Å²) in [7, 11) is 0. The van der Waals surface area contributed by atoms with E-state index in [2.05, 4.69) is 0 Å². The maximum atomic E-state index is 13.6. The summed E-state index contributed by atoms with van der Waals surface area (Å²) in [4.78, 5) is 0. The molecule has 1 aliphatic rings. The molecule has 1 aromatic carbocycles. The lowest BCUT2D eigenvalue weighted by Gasteiger charge is -2.39. The van der Waals surface area contributed by atoms with E-state index >= 15 is 0 Å². The molecule has 16 heavy (non-hydrogen) atoms. The molecule has 2 rings (SSSR count). The van der Waals surface area contributed by atoms with E-state index in [9.17, 15) is 13.2 Å². The molecular formula is C12H14F3N. The largest absolute Gasteiger partial charge is 0.321 e. The summed E-state index contributed by atoms with van der Waals surface area (Å²) < 4.78 is 40.0. The van der Waals surface area contributed by atoms with E-state index in [0.717, 1.165) is 12.5 Å². The highest BCUT2D eigenvalue weighted by Gasteiger charge is 2.37. The molecule has 0 radical (unpaired) electrons. The Hall–Kier alpha value is -1.03. The number of hydrogen-bond donors (Lipinski definition) is 1. The number of halogens is 3. The van der Waals surface area contributed by atoms with Gasteiger partial charge in [-0.05, 0) is 43.9 Å². The topological polar surface area (TPSA) is 26.0 Å². The summed E-state index contributed by atoms with van der Waals surface area (Å²) in [5.41, 5.74) is 5.38. The molecule has 0 amide bonds. The Kier molecular flexibility index (Phi) is 2.70. The van der Waals surface area contributed by atoms with Crippen LogP contribution in [0.15, 0.2) is 12.1 Å². The monoisotopic (exact) mass is 229 g/mol. The molecule has 0 spiro atoms. The van der Waals surface area contributed by atoms with Crippen molar-refractivity contribution < 1.29 is 13.2 Å². The Labute approximate surface area is 92.5 Å². The zero-order valence-electron chi connectivity index (χ0n) is 9.06. The molecule has 1 fully saturated rings. The third-order valence-electron chi connectivity index (χ3n) is 3.29. The number of benzene rings is 1. The molecule has 88 valence electrons. The number of nitrogens with two attached hydrogens (primary N) is 1. The maximum absolute atomic E-state index is 13.6. The first kappa shape index (κ1) is 11.5. The fourth-order valence-corrected chi connectivity index (χ4v) is 2.03. The predicted molar refractivity (Wildman–Crippen MR) is 55.6 cm³/mol. The lowest BCUT2D eigenvalue weighted by atomic mass is 9.72. The van der Waals surface area contributed by atoms with Gasteiger partial charge in [0.05, 0.1) is 0 Å². The van der Waals surface area contributed by atoms with Crippen molar-refractivity contribution in [2.24, 2.45) is 5.73 Å². The molecule has 1 atom stereocenters. The average Bonchev–Trinajstić information content (AvgIpc) is 2.18. The van der Waals surface area contributed by atoms with E-state index in [1.165, 1.54) is 13.0 Å². The van der Waals surface area contributed by atoms with Gasteiger partial charge in [-0.3, -0.25) is 0 Å². The lowest BCUT2D eigenvalue weighted by molar-refractivity contribution is 0.241. The van der Waals surface area contributed by atoms with Crippen molar-refractivity contribution in [3.8, 4) is 0 Å². The summed E-state index contributed by atoms with van der Waals surface area (Å²) in [5, 5.41) is 0. The second kappa shape index (κ2) is 3.77. The van der Waals surface area contributed by atoms with Gasteiger partial charge in [0.25, 0.3) is 0 Å². The second-order valence-corrected chi connectivity index (χ2v) is 4.49. The van der Waals surface area contributed by atoms with Crippen LogP contribution in [0.2, 0.25) is 0 Å². The van der Waals surface area contributed by atoms with Gasteiger partial charge in [-0.15, -0.1) is 0 Å². The van der Waals surface area contributed by atoms with Crippen molar-refractivity contribution in [3.63, 3.8) is 0 Å². The minimum absolute atomic E-state index is 0.109. The summed E-state index contributed by atoms with van der Waals surface area (Å²) >= 11 is 0. The van der Waals surface area contributed by atoms with Crippen molar-refractivity contribution in [3.05, 3.63) is 34.9 Å². The molecule has 1 unspecified atom stereocenters. The first-order valence-electron chi connectivity index (χ1n) is 5.36. The third kappa shape index (κ3) is 1.71. The van der Waals surface area contributed by atoms with Gasteiger partial charge in [-0.25, -0.2) is 13.2 Å². The zero-order valence-corrected chi connectivity index (χ0v) is 9.06. The molecule has 1 nitrogen and oxygen atoms in total. The van der Waals surface area contributed by atoms with Gasteiger partial charge in [0.1, 0.15) is 6.17 Å². The van der Waals surface area contributed by atoms with Crippen molar-refractivity contribution >= 4 is 0 Å². The van der Waals surface area contributed by atoms with Gasteiger partial charge in [0.2, 0.25) is 0 Å². The van der Waals surface area contributed by atoms with E-state index in [1.54, 1.807) is 0 Å². The molecule has 0 aromatic heterocycles. The van der Waals surface area contributed by atoms with Crippen LogP contribution in [-0.4, -0.2) is 0 Å². The van der Waals surface area contributed by atoms with Crippen LogP contribution in [0.4, 0.5) is 13.2 Å². The molecule has 0 saturated heterocycles. The van der Waals surface area contributed by atoms with Crippen LogP contribution in [0.5, 0.6) is 0 Å². The van der Waals surface area contributed by atoms with E-state index in [-0.39, 0.29) is 11.1 Å². The average molecular weight is 229 g/mol. The van der Waals surface area contributed by atoms with Gasteiger partial charge in [-0.2, -0.15) is 0 Å². The van der Waals surface area contributed by atoms with E-state index < -0.39 is 23.3 Å². The van der Waals surface area contributed by atoms with Gasteiger partial charge in [0.15, 0.2) is 11.6 Å². The van der Waals surface area contributed by atoms with Crippen LogP contribution < -0.4 is 5.73 Å². The van der Waals surface area contributed by atoms with Crippen molar-refractivity contribution in [1.29, 1.82) is 0 Å². The van der Waals surface area contributed by atoms with Crippen LogP contribution in [-0.2, 0) is 5.54 Å². The SMILES string of the molecule is CC(F)c1cc(F)c(F)c(C2(N)CCC2)c1. The van der Waals surface area contributed by atoms with Crippen molar-refractivity contribution in [1.82, 2.24) is 0 Å². The molecule has 1 saturated carbocycles. The lowest BCUT2D eigenvalue weighted by Crippen LogP contribution is -2.44. The predicted octanol–water partition coefficient (Wildman–Crippen LogP) is 3.33. The second-order valence-electron chi connectivity index (χ2n) is 4.49. The smallest absolute Gasteiger partial charge is 0.163 e.